The van der Waals surface area contributed by atoms with Crippen molar-refractivity contribution in [3.63, 3.8) is 0 Å². The highest BCUT2D eigenvalue weighted by Crippen LogP contribution is 2.42. The van der Waals surface area contributed by atoms with Gasteiger partial charge in [-0.25, -0.2) is 0 Å². The molecular formula is C27H20ClN3O5. The Bertz CT molecular complexity index is 1560. The molecule has 2 aliphatic rings. The van der Waals surface area contributed by atoms with Gasteiger partial charge in [-0.15, -0.1) is 0 Å². The maximum atomic E-state index is 13.5. The zero-order chi connectivity index (χ0) is 24.8. The standard InChI is InChI=1S/C27H20ClN3O5/c28-20-8-5-16(13-22(20)31(33)34)6-10-25(32)30-12-11-19-18-3-1-2-4-21(18)29-26(19)27(30)17-7-9-23-24(14-17)36-15-35-23/h1-10,13-14,27,29H,11-12,15H2/b10-6+. The molecule has 0 fully saturated rings. The molecule has 0 bridgehead atoms. The number of fused-ring (bicyclic) bond motifs is 4. The average molecular weight is 502 g/mol. The summed E-state index contributed by atoms with van der Waals surface area (Å²) in [5.41, 5.74) is 4.38. The molecule has 9 heteroatoms. The first-order chi connectivity index (χ1) is 17.5. The molecule has 180 valence electrons. The Kier molecular flexibility index (Phi) is 5.38. The maximum absolute atomic E-state index is 13.5. The summed E-state index contributed by atoms with van der Waals surface area (Å²) in [6.45, 7) is 0.678. The van der Waals surface area contributed by atoms with E-state index in [-0.39, 0.29) is 29.5 Å². The lowest BCUT2D eigenvalue weighted by atomic mass is 9.92. The van der Waals surface area contributed by atoms with Gasteiger partial charge in [0.2, 0.25) is 12.7 Å². The number of hydrogen-bond donors (Lipinski definition) is 1. The van der Waals surface area contributed by atoms with Gasteiger partial charge in [-0.1, -0.05) is 41.9 Å². The third kappa shape index (κ3) is 3.76. The van der Waals surface area contributed by atoms with Crippen molar-refractivity contribution in [2.45, 2.75) is 12.5 Å². The monoisotopic (exact) mass is 501 g/mol. The predicted octanol–water partition coefficient (Wildman–Crippen LogP) is 5.65. The lowest BCUT2D eigenvalue weighted by Crippen LogP contribution is -2.39. The van der Waals surface area contributed by atoms with Gasteiger partial charge in [0.15, 0.2) is 11.5 Å². The van der Waals surface area contributed by atoms with Gasteiger partial charge in [0.25, 0.3) is 5.69 Å². The summed E-state index contributed by atoms with van der Waals surface area (Å²) in [6.07, 6.45) is 3.72. The van der Waals surface area contributed by atoms with Crippen molar-refractivity contribution in [1.29, 1.82) is 0 Å². The van der Waals surface area contributed by atoms with Crippen molar-refractivity contribution >= 4 is 40.2 Å². The molecule has 0 aliphatic carbocycles. The van der Waals surface area contributed by atoms with Crippen molar-refractivity contribution in [2.75, 3.05) is 13.3 Å². The normalized spacial score (nSPS) is 16.5. The molecule has 2 aliphatic heterocycles. The van der Waals surface area contributed by atoms with Crippen LogP contribution in [-0.2, 0) is 11.2 Å². The number of nitrogens with one attached hydrogen (secondary N) is 1. The van der Waals surface area contributed by atoms with E-state index in [1.807, 2.05) is 36.4 Å². The molecule has 4 aromatic rings. The number of H-pyrrole nitrogens is 1. The van der Waals surface area contributed by atoms with Crippen LogP contribution in [0.4, 0.5) is 5.69 Å². The summed E-state index contributed by atoms with van der Waals surface area (Å²) in [5.74, 6) is 1.11. The number of halogens is 1. The number of hydrogen-bond acceptors (Lipinski definition) is 5. The Hall–Kier alpha value is -4.30. The number of carbonyl (C=O) groups is 1. The van der Waals surface area contributed by atoms with Gasteiger partial charge in [-0.3, -0.25) is 14.9 Å². The minimum Gasteiger partial charge on any atom is -0.454 e. The summed E-state index contributed by atoms with van der Waals surface area (Å²) in [7, 11) is 0. The van der Waals surface area contributed by atoms with Crippen LogP contribution in [0.5, 0.6) is 11.5 Å². The second-order valence-electron chi connectivity index (χ2n) is 8.66. The summed E-state index contributed by atoms with van der Waals surface area (Å²) < 4.78 is 11.1. The first kappa shape index (κ1) is 22.2. The largest absolute Gasteiger partial charge is 0.454 e. The zero-order valence-electron chi connectivity index (χ0n) is 18.9. The van der Waals surface area contributed by atoms with Gasteiger partial charge >= 0.3 is 0 Å². The van der Waals surface area contributed by atoms with Crippen LogP contribution in [0.15, 0.2) is 66.7 Å². The number of para-hydroxylation sites is 1. The van der Waals surface area contributed by atoms with E-state index < -0.39 is 4.92 Å². The highest BCUT2D eigenvalue weighted by Gasteiger charge is 2.34. The average Bonchev–Trinajstić information content (AvgIpc) is 3.51. The van der Waals surface area contributed by atoms with Crippen LogP contribution in [0.3, 0.4) is 0 Å². The second kappa shape index (κ2) is 8.73. The summed E-state index contributed by atoms with van der Waals surface area (Å²) in [5, 5.41) is 12.4. The van der Waals surface area contributed by atoms with Crippen LogP contribution in [0, 0.1) is 10.1 Å². The van der Waals surface area contributed by atoms with Crippen molar-refractivity contribution in [3.05, 3.63) is 104 Å². The Morgan fingerprint density at radius 2 is 1.94 bits per heavy atom. The number of aromatic nitrogens is 1. The number of benzene rings is 3. The van der Waals surface area contributed by atoms with Gasteiger partial charge in [0, 0.05) is 35.3 Å². The van der Waals surface area contributed by atoms with E-state index in [0.717, 1.165) is 22.2 Å². The molecule has 3 aromatic carbocycles. The predicted molar refractivity (Wildman–Crippen MR) is 135 cm³/mol. The van der Waals surface area contributed by atoms with Crippen molar-refractivity contribution in [2.24, 2.45) is 0 Å². The first-order valence-electron chi connectivity index (χ1n) is 11.4. The fourth-order valence-corrected chi connectivity index (χ4v) is 5.13. The number of amides is 1. The summed E-state index contributed by atoms with van der Waals surface area (Å²) >= 11 is 5.92. The number of aromatic amines is 1. The molecule has 0 spiro atoms. The van der Waals surface area contributed by atoms with E-state index in [1.165, 1.54) is 23.8 Å². The number of nitrogens with zero attached hydrogens (tertiary/aromatic N) is 2. The van der Waals surface area contributed by atoms with E-state index in [4.69, 9.17) is 21.1 Å². The fourth-order valence-electron chi connectivity index (χ4n) is 4.94. The second-order valence-corrected chi connectivity index (χ2v) is 9.07. The molecular weight excluding hydrogens is 482 g/mol. The number of nitro benzene ring substituents is 1. The Morgan fingerprint density at radius 1 is 1.11 bits per heavy atom. The zero-order valence-corrected chi connectivity index (χ0v) is 19.7. The molecule has 6 rings (SSSR count). The lowest BCUT2D eigenvalue weighted by molar-refractivity contribution is -0.384. The molecule has 36 heavy (non-hydrogen) atoms. The fraction of sp³-hybridized carbons (Fsp3) is 0.148. The maximum Gasteiger partial charge on any atom is 0.288 e. The van der Waals surface area contributed by atoms with Crippen molar-refractivity contribution in [3.8, 4) is 11.5 Å². The molecule has 0 radical (unpaired) electrons. The molecule has 1 unspecified atom stereocenters. The molecule has 3 heterocycles. The van der Waals surface area contributed by atoms with Crippen molar-refractivity contribution in [1.82, 2.24) is 9.88 Å². The third-order valence-electron chi connectivity index (χ3n) is 6.62. The Labute approximate surface area is 210 Å². The van der Waals surface area contributed by atoms with Crippen LogP contribution >= 0.6 is 11.6 Å². The number of ether oxygens (including phenoxy) is 2. The van der Waals surface area contributed by atoms with Crippen LogP contribution in [0.1, 0.15) is 28.4 Å². The van der Waals surface area contributed by atoms with Gasteiger partial charge in [0.05, 0.1) is 11.0 Å². The van der Waals surface area contributed by atoms with Crippen LogP contribution in [-0.4, -0.2) is 34.1 Å². The number of nitro groups is 1. The van der Waals surface area contributed by atoms with Gasteiger partial charge < -0.3 is 19.4 Å². The topological polar surface area (TPSA) is 97.7 Å². The quantitative estimate of drug-likeness (QED) is 0.221. The van der Waals surface area contributed by atoms with E-state index in [2.05, 4.69) is 11.1 Å². The molecule has 1 atom stereocenters. The minimum atomic E-state index is -0.542. The molecule has 0 saturated carbocycles. The minimum absolute atomic E-state index is 0.0497. The summed E-state index contributed by atoms with van der Waals surface area (Å²) in [4.78, 5) is 29.5. The Morgan fingerprint density at radius 3 is 2.81 bits per heavy atom. The Balaban J connectivity index is 1.39. The van der Waals surface area contributed by atoms with E-state index in [0.29, 0.717) is 30.0 Å². The molecule has 8 nitrogen and oxygen atoms in total. The summed E-state index contributed by atoms with van der Waals surface area (Å²) in [6, 6.07) is 17.9. The molecule has 0 saturated heterocycles. The number of rotatable bonds is 4. The number of carbonyl (C=O) groups excluding carboxylic acids is 1. The highest BCUT2D eigenvalue weighted by molar-refractivity contribution is 6.32. The van der Waals surface area contributed by atoms with E-state index in [9.17, 15) is 14.9 Å². The SMILES string of the molecule is O=C(/C=C/c1ccc(Cl)c([N+](=O)[O-])c1)N1CCc2c([nH]c3ccccc23)C1c1ccc2c(c1)OCO2. The van der Waals surface area contributed by atoms with Crippen LogP contribution in [0.25, 0.3) is 17.0 Å². The van der Waals surface area contributed by atoms with Crippen molar-refractivity contribution < 1.29 is 19.2 Å². The van der Waals surface area contributed by atoms with Crippen LogP contribution < -0.4 is 9.47 Å². The van der Waals surface area contributed by atoms with Crippen LogP contribution in [0.2, 0.25) is 5.02 Å². The van der Waals surface area contributed by atoms with Gasteiger partial charge in [-0.05, 0) is 53.5 Å². The highest BCUT2D eigenvalue weighted by atomic mass is 35.5. The third-order valence-corrected chi connectivity index (χ3v) is 6.93. The molecule has 1 aromatic heterocycles. The molecule has 1 amide bonds. The van der Waals surface area contributed by atoms with E-state index >= 15 is 0 Å². The smallest absolute Gasteiger partial charge is 0.288 e. The lowest BCUT2D eigenvalue weighted by Gasteiger charge is -2.35. The van der Waals surface area contributed by atoms with E-state index in [1.54, 1.807) is 17.0 Å². The van der Waals surface area contributed by atoms with Gasteiger partial charge in [0.1, 0.15) is 5.02 Å². The molecule has 1 N–H and O–H groups in total. The van der Waals surface area contributed by atoms with Gasteiger partial charge in [-0.2, -0.15) is 0 Å². The first-order valence-corrected chi connectivity index (χ1v) is 11.8.